The fraction of sp³-hybridized carbons (Fsp3) is 0.176. The molecule has 2 aromatic heterocycles. The van der Waals surface area contributed by atoms with Crippen molar-refractivity contribution in [2.24, 2.45) is 7.05 Å². The van der Waals surface area contributed by atoms with E-state index >= 15 is 0 Å². The Labute approximate surface area is 137 Å². The van der Waals surface area contributed by atoms with Gasteiger partial charge in [0.05, 0.1) is 22.8 Å². The lowest BCUT2D eigenvalue weighted by molar-refractivity contribution is -0.383. The maximum atomic E-state index is 11.9. The van der Waals surface area contributed by atoms with Gasteiger partial charge < -0.3 is 9.30 Å². The summed E-state index contributed by atoms with van der Waals surface area (Å²) in [6.07, 6.45) is 3.26. The van der Waals surface area contributed by atoms with Crippen LogP contribution >= 0.6 is 0 Å². The first-order valence-electron chi connectivity index (χ1n) is 7.38. The molecule has 0 N–H and O–H groups in total. The lowest BCUT2D eigenvalue weighted by Crippen LogP contribution is -2.05. The summed E-state index contributed by atoms with van der Waals surface area (Å²) in [5, 5.41) is 12.1. The van der Waals surface area contributed by atoms with Gasteiger partial charge in [-0.2, -0.15) is 0 Å². The molecule has 0 atom stereocenters. The fourth-order valence-electron chi connectivity index (χ4n) is 2.64. The minimum absolute atomic E-state index is 0.00154. The van der Waals surface area contributed by atoms with Crippen molar-refractivity contribution in [3.63, 3.8) is 0 Å². The highest BCUT2D eigenvalue weighted by molar-refractivity contribution is 5.94. The van der Waals surface area contributed by atoms with Gasteiger partial charge in [0.25, 0.3) is 5.69 Å². The van der Waals surface area contributed by atoms with Gasteiger partial charge in [0.15, 0.2) is 0 Å². The Morgan fingerprint density at radius 1 is 1.33 bits per heavy atom. The second kappa shape index (κ2) is 6.11. The Bertz CT molecular complexity index is 946. The molecule has 7 nitrogen and oxygen atoms in total. The van der Waals surface area contributed by atoms with Crippen LogP contribution < -0.4 is 0 Å². The summed E-state index contributed by atoms with van der Waals surface area (Å²) >= 11 is 0. The Hall–Kier alpha value is -3.22. The van der Waals surface area contributed by atoms with Gasteiger partial charge in [-0.25, -0.2) is 4.79 Å². The van der Waals surface area contributed by atoms with Crippen LogP contribution in [0.4, 0.5) is 5.69 Å². The van der Waals surface area contributed by atoms with Crippen LogP contribution in [-0.2, 0) is 11.8 Å². The van der Waals surface area contributed by atoms with Gasteiger partial charge in [-0.15, -0.1) is 0 Å². The summed E-state index contributed by atoms with van der Waals surface area (Å²) in [6, 6.07) is 8.23. The second-order valence-corrected chi connectivity index (χ2v) is 5.27. The number of nitro groups is 1. The van der Waals surface area contributed by atoms with Crippen molar-refractivity contribution in [3.05, 3.63) is 58.4 Å². The van der Waals surface area contributed by atoms with E-state index in [1.165, 1.54) is 12.3 Å². The van der Waals surface area contributed by atoms with E-state index < -0.39 is 10.9 Å². The number of pyridine rings is 1. The highest BCUT2D eigenvalue weighted by Crippen LogP contribution is 2.32. The third-order valence-corrected chi connectivity index (χ3v) is 3.71. The second-order valence-electron chi connectivity index (χ2n) is 5.27. The van der Waals surface area contributed by atoms with Gasteiger partial charge >= 0.3 is 5.97 Å². The zero-order chi connectivity index (χ0) is 17.3. The molecule has 0 aliphatic heterocycles. The van der Waals surface area contributed by atoms with E-state index in [4.69, 9.17) is 4.74 Å². The largest absolute Gasteiger partial charge is 0.462 e. The van der Waals surface area contributed by atoms with Crippen molar-refractivity contribution < 1.29 is 14.5 Å². The molecule has 24 heavy (non-hydrogen) atoms. The number of esters is 1. The Morgan fingerprint density at radius 3 is 2.83 bits per heavy atom. The molecule has 0 aliphatic rings. The third-order valence-electron chi connectivity index (χ3n) is 3.71. The Kier molecular flexibility index (Phi) is 3.99. The van der Waals surface area contributed by atoms with Gasteiger partial charge in [0, 0.05) is 36.5 Å². The van der Waals surface area contributed by atoms with Crippen molar-refractivity contribution in [2.75, 3.05) is 6.61 Å². The molecular weight excluding hydrogens is 310 g/mol. The SMILES string of the molecule is CCOC(=O)c1ccnc(-c2cc([N+](=O)[O-])c3c(ccn3C)c2)c1. The van der Waals surface area contributed by atoms with E-state index in [0.717, 1.165) is 5.39 Å². The first-order valence-corrected chi connectivity index (χ1v) is 7.38. The van der Waals surface area contributed by atoms with Crippen molar-refractivity contribution >= 4 is 22.6 Å². The number of carbonyl (C=O) groups is 1. The van der Waals surface area contributed by atoms with Gasteiger partial charge in [0.1, 0.15) is 5.52 Å². The minimum Gasteiger partial charge on any atom is -0.462 e. The molecular formula is C17H15N3O4. The third kappa shape index (κ3) is 2.71. The standard InChI is InChI=1S/C17H15N3O4/c1-3-24-17(21)12-4-6-18-14(9-12)13-8-11-5-7-19(2)16(11)15(10-13)20(22)23/h4-10H,3H2,1-2H3. The van der Waals surface area contributed by atoms with E-state index in [-0.39, 0.29) is 12.3 Å². The molecule has 3 rings (SSSR count). The van der Waals surface area contributed by atoms with Crippen molar-refractivity contribution in [3.8, 4) is 11.3 Å². The van der Waals surface area contributed by atoms with E-state index in [0.29, 0.717) is 22.3 Å². The highest BCUT2D eigenvalue weighted by Gasteiger charge is 2.18. The van der Waals surface area contributed by atoms with Gasteiger partial charge in [-0.1, -0.05) is 0 Å². The van der Waals surface area contributed by atoms with Crippen LogP contribution in [0.3, 0.4) is 0 Å². The molecule has 0 amide bonds. The van der Waals surface area contributed by atoms with Crippen LogP contribution in [0.1, 0.15) is 17.3 Å². The highest BCUT2D eigenvalue weighted by atomic mass is 16.6. The molecule has 122 valence electrons. The number of hydrogen-bond acceptors (Lipinski definition) is 5. The molecule has 0 unspecified atom stereocenters. The molecule has 2 heterocycles. The van der Waals surface area contributed by atoms with E-state index in [1.54, 1.807) is 42.9 Å². The van der Waals surface area contributed by atoms with Gasteiger partial charge in [-0.3, -0.25) is 15.1 Å². The zero-order valence-corrected chi connectivity index (χ0v) is 13.2. The molecule has 3 aromatic rings. The average molecular weight is 325 g/mol. The lowest BCUT2D eigenvalue weighted by atomic mass is 10.1. The number of fused-ring (bicyclic) bond motifs is 1. The minimum atomic E-state index is -0.448. The zero-order valence-electron chi connectivity index (χ0n) is 13.2. The summed E-state index contributed by atoms with van der Waals surface area (Å²) < 4.78 is 6.68. The van der Waals surface area contributed by atoms with Crippen LogP contribution in [0.25, 0.3) is 22.2 Å². The van der Waals surface area contributed by atoms with Crippen LogP contribution in [-0.4, -0.2) is 27.1 Å². The molecule has 0 fully saturated rings. The predicted molar refractivity (Wildman–Crippen MR) is 88.8 cm³/mol. The summed E-state index contributed by atoms with van der Waals surface area (Å²) in [4.78, 5) is 27.1. The van der Waals surface area contributed by atoms with Crippen molar-refractivity contribution in [1.29, 1.82) is 0 Å². The van der Waals surface area contributed by atoms with Crippen LogP contribution in [0, 0.1) is 10.1 Å². The van der Waals surface area contributed by atoms with Crippen LogP contribution in [0.2, 0.25) is 0 Å². The predicted octanol–water partition coefficient (Wildman–Crippen LogP) is 3.33. The van der Waals surface area contributed by atoms with Gasteiger partial charge in [-0.05, 0) is 31.2 Å². The average Bonchev–Trinajstić information content (AvgIpc) is 2.95. The number of nitrogens with zero attached hydrogens (tertiary/aromatic N) is 3. The van der Waals surface area contributed by atoms with Crippen molar-refractivity contribution in [2.45, 2.75) is 6.92 Å². The molecule has 1 aromatic carbocycles. The number of aryl methyl sites for hydroxylation is 1. The van der Waals surface area contributed by atoms with E-state index in [2.05, 4.69) is 4.98 Å². The lowest BCUT2D eigenvalue weighted by Gasteiger charge is -2.06. The topological polar surface area (TPSA) is 87.3 Å². The summed E-state index contributed by atoms with van der Waals surface area (Å²) in [5.74, 6) is -0.448. The number of non-ortho nitro benzene ring substituents is 1. The van der Waals surface area contributed by atoms with Crippen molar-refractivity contribution in [1.82, 2.24) is 9.55 Å². The first kappa shape index (κ1) is 15.7. The smallest absolute Gasteiger partial charge is 0.338 e. The number of hydrogen-bond donors (Lipinski definition) is 0. The first-order chi connectivity index (χ1) is 11.5. The number of aromatic nitrogens is 2. The maximum Gasteiger partial charge on any atom is 0.338 e. The van der Waals surface area contributed by atoms with Crippen LogP contribution in [0.5, 0.6) is 0 Å². The number of benzene rings is 1. The fourth-order valence-corrected chi connectivity index (χ4v) is 2.64. The van der Waals surface area contributed by atoms with Gasteiger partial charge in [0.2, 0.25) is 0 Å². The molecule has 0 saturated heterocycles. The summed E-state index contributed by atoms with van der Waals surface area (Å²) in [6.45, 7) is 2.00. The maximum absolute atomic E-state index is 11.9. The molecule has 0 bridgehead atoms. The van der Waals surface area contributed by atoms with E-state index in [1.807, 2.05) is 6.07 Å². The molecule has 0 spiro atoms. The number of rotatable bonds is 4. The van der Waals surface area contributed by atoms with Crippen LogP contribution in [0.15, 0.2) is 42.7 Å². The summed E-state index contributed by atoms with van der Waals surface area (Å²) in [5.41, 5.74) is 1.96. The normalized spacial score (nSPS) is 10.8. The van der Waals surface area contributed by atoms with E-state index in [9.17, 15) is 14.9 Å². The summed E-state index contributed by atoms with van der Waals surface area (Å²) in [7, 11) is 1.76. The Morgan fingerprint density at radius 2 is 2.12 bits per heavy atom. The number of ether oxygens (including phenoxy) is 1. The quantitative estimate of drug-likeness (QED) is 0.417. The molecule has 0 radical (unpaired) electrons. The Balaban J connectivity index is 2.15. The molecule has 0 saturated carbocycles. The number of carbonyl (C=O) groups excluding carboxylic acids is 1. The molecule has 7 heteroatoms. The monoisotopic (exact) mass is 325 g/mol. The number of nitro benzene ring substituents is 1. The molecule has 0 aliphatic carbocycles.